The number of aromatic amines is 1. The van der Waals surface area contributed by atoms with Gasteiger partial charge in [0.2, 0.25) is 0 Å². The van der Waals surface area contributed by atoms with Crippen LogP contribution in [0.25, 0.3) is 22.2 Å². The summed E-state index contributed by atoms with van der Waals surface area (Å²) in [7, 11) is -2.36. The lowest BCUT2D eigenvalue weighted by atomic mass is 9.98. The van der Waals surface area contributed by atoms with Gasteiger partial charge in [0, 0.05) is 53.4 Å². The predicted molar refractivity (Wildman–Crippen MR) is 139 cm³/mol. The van der Waals surface area contributed by atoms with Crippen LogP contribution in [0.2, 0.25) is 0 Å². The Balaban J connectivity index is 1.43. The lowest BCUT2D eigenvalue weighted by molar-refractivity contribution is 0.0966. The quantitative estimate of drug-likeness (QED) is 0.378. The van der Waals surface area contributed by atoms with E-state index in [1.54, 1.807) is 6.07 Å². The zero-order valence-corrected chi connectivity index (χ0v) is 21.6. The first-order valence-corrected chi connectivity index (χ1v) is 14.1. The third-order valence-corrected chi connectivity index (χ3v) is 7.51. The Morgan fingerprint density at radius 3 is 2.81 bits per heavy atom. The third-order valence-electron chi connectivity index (χ3n) is 7.04. The number of rotatable bonds is 9. The SMILES string of the molecule is CCN1CCCC1CNCc1ccc2[nH]c(-c3cc(OC)c(OS(C)(=O)=O)c4c3C(=O)NC4)cc2c1. The molecule has 36 heavy (non-hydrogen) atoms. The highest BCUT2D eigenvalue weighted by molar-refractivity contribution is 7.86. The Bertz CT molecular complexity index is 1420. The topological polar surface area (TPSA) is 113 Å². The number of carbonyl (C=O) groups excluding carboxylic acids is 1. The second kappa shape index (κ2) is 9.76. The molecule has 0 radical (unpaired) electrons. The largest absolute Gasteiger partial charge is 0.493 e. The van der Waals surface area contributed by atoms with Crippen molar-refractivity contribution in [3.05, 3.63) is 47.0 Å². The normalized spacial score (nSPS) is 18.0. The van der Waals surface area contributed by atoms with Crippen LogP contribution in [0.15, 0.2) is 30.3 Å². The van der Waals surface area contributed by atoms with Gasteiger partial charge >= 0.3 is 10.1 Å². The minimum Gasteiger partial charge on any atom is -0.493 e. The average molecular weight is 513 g/mol. The van der Waals surface area contributed by atoms with Crippen LogP contribution in [0, 0.1) is 0 Å². The predicted octanol–water partition coefficient (Wildman–Crippen LogP) is 3.00. The third kappa shape index (κ3) is 4.80. The van der Waals surface area contributed by atoms with Crippen LogP contribution in [-0.4, -0.2) is 63.3 Å². The van der Waals surface area contributed by atoms with Crippen LogP contribution in [0.4, 0.5) is 0 Å². The van der Waals surface area contributed by atoms with E-state index in [9.17, 15) is 13.2 Å². The Morgan fingerprint density at radius 2 is 2.06 bits per heavy atom. The number of amides is 1. The van der Waals surface area contributed by atoms with E-state index in [0.29, 0.717) is 22.7 Å². The number of H-pyrrole nitrogens is 1. The van der Waals surface area contributed by atoms with E-state index in [1.807, 2.05) is 12.1 Å². The van der Waals surface area contributed by atoms with Gasteiger partial charge < -0.3 is 24.5 Å². The number of fused-ring (bicyclic) bond motifs is 2. The number of nitrogens with one attached hydrogen (secondary N) is 3. The van der Waals surface area contributed by atoms with E-state index >= 15 is 0 Å². The van der Waals surface area contributed by atoms with Crippen LogP contribution < -0.4 is 19.6 Å². The van der Waals surface area contributed by atoms with Crippen molar-refractivity contribution < 1.29 is 22.1 Å². The number of aromatic nitrogens is 1. The van der Waals surface area contributed by atoms with E-state index in [2.05, 4.69) is 39.6 Å². The highest BCUT2D eigenvalue weighted by Gasteiger charge is 2.32. The number of nitrogens with zero attached hydrogens (tertiary/aromatic N) is 1. The molecule has 5 rings (SSSR count). The minimum atomic E-state index is -3.81. The summed E-state index contributed by atoms with van der Waals surface area (Å²) < 4.78 is 34.3. The van der Waals surface area contributed by atoms with Crippen LogP contribution in [0.1, 0.15) is 41.3 Å². The fourth-order valence-corrected chi connectivity index (χ4v) is 5.83. The second-order valence-corrected chi connectivity index (χ2v) is 11.0. The summed E-state index contributed by atoms with van der Waals surface area (Å²) in [5, 5.41) is 7.41. The molecule has 1 saturated heterocycles. The molecule has 192 valence electrons. The maximum absolute atomic E-state index is 12.7. The first kappa shape index (κ1) is 24.6. The van der Waals surface area contributed by atoms with E-state index in [0.717, 1.165) is 42.5 Å². The molecule has 9 nitrogen and oxygen atoms in total. The standard InChI is InChI=1S/C26H32N4O5S/c1-4-30-9-5-6-18(30)14-27-13-16-7-8-21-17(10-16)11-22(29-21)19-12-23(34-2)25(35-36(3,32)33)20-15-28-26(31)24(19)20/h7-8,10-12,18,27,29H,4-6,9,13-15H2,1-3H3,(H,28,31). The number of likely N-dealkylation sites (N-methyl/N-ethyl adjacent to an activating group) is 1. The van der Waals surface area contributed by atoms with Crippen molar-refractivity contribution in [2.45, 2.75) is 38.9 Å². The molecule has 0 aliphatic carbocycles. The van der Waals surface area contributed by atoms with Crippen molar-refractivity contribution >= 4 is 26.9 Å². The van der Waals surface area contributed by atoms with Crippen molar-refractivity contribution in [2.24, 2.45) is 0 Å². The zero-order valence-electron chi connectivity index (χ0n) is 20.8. The summed E-state index contributed by atoms with van der Waals surface area (Å²) in [5.74, 6) is 0.0188. The Morgan fingerprint density at radius 1 is 1.22 bits per heavy atom. The molecule has 0 saturated carbocycles. The van der Waals surface area contributed by atoms with Crippen LogP contribution in [0.5, 0.6) is 11.5 Å². The van der Waals surface area contributed by atoms with Gasteiger partial charge in [-0.2, -0.15) is 8.42 Å². The van der Waals surface area contributed by atoms with E-state index in [1.165, 1.54) is 32.1 Å². The summed E-state index contributed by atoms with van der Waals surface area (Å²) in [6.45, 7) is 6.43. The van der Waals surface area contributed by atoms with E-state index in [-0.39, 0.29) is 24.0 Å². The summed E-state index contributed by atoms with van der Waals surface area (Å²) in [5.41, 5.74) is 4.37. The van der Waals surface area contributed by atoms with Crippen molar-refractivity contribution in [3.8, 4) is 22.8 Å². The monoisotopic (exact) mass is 512 g/mol. The molecule has 1 fully saturated rings. The fourth-order valence-electron chi connectivity index (χ4n) is 5.35. The van der Waals surface area contributed by atoms with Gasteiger partial charge in [0.05, 0.1) is 18.9 Å². The summed E-state index contributed by atoms with van der Waals surface area (Å²) >= 11 is 0. The number of ether oxygens (including phenoxy) is 1. The molecule has 3 aromatic rings. The molecule has 10 heteroatoms. The van der Waals surface area contributed by atoms with E-state index < -0.39 is 10.1 Å². The van der Waals surface area contributed by atoms with Crippen LogP contribution in [-0.2, 0) is 23.2 Å². The first-order chi connectivity index (χ1) is 17.3. The molecular formula is C26H32N4O5S. The van der Waals surface area contributed by atoms with Gasteiger partial charge in [-0.25, -0.2) is 0 Å². The summed E-state index contributed by atoms with van der Waals surface area (Å²) in [6, 6.07) is 10.6. The smallest absolute Gasteiger partial charge is 0.306 e. The number of hydrogen-bond acceptors (Lipinski definition) is 7. The maximum Gasteiger partial charge on any atom is 0.306 e. The number of carbonyl (C=O) groups is 1. The van der Waals surface area contributed by atoms with Crippen molar-refractivity contribution in [1.82, 2.24) is 20.5 Å². The molecule has 0 spiro atoms. The second-order valence-electron chi connectivity index (χ2n) is 9.44. The molecule has 1 unspecified atom stereocenters. The van der Waals surface area contributed by atoms with Crippen molar-refractivity contribution in [2.75, 3.05) is 33.0 Å². The van der Waals surface area contributed by atoms with Crippen LogP contribution in [0.3, 0.4) is 0 Å². The molecule has 1 aromatic heterocycles. The van der Waals surface area contributed by atoms with Crippen molar-refractivity contribution in [1.29, 1.82) is 0 Å². The highest BCUT2D eigenvalue weighted by atomic mass is 32.2. The summed E-state index contributed by atoms with van der Waals surface area (Å²) in [6.07, 6.45) is 3.48. The highest BCUT2D eigenvalue weighted by Crippen LogP contribution is 2.43. The molecule has 3 N–H and O–H groups in total. The lowest BCUT2D eigenvalue weighted by Gasteiger charge is -2.23. The molecule has 3 heterocycles. The fraction of sp³-hybridized carbons (Fsp3) is 0.423. The molecule has 1 atom stereocenters. The number of benzene rings is 2. The lowest BCUT2D eigenvalue weighted by Crippen LogP contribution is -2.37. The maximum atomic E-state index is 12.7. The number of methoxy groups -OCH3 is 1. The van der Waals surface area contributed by atoms with Crippen LogP contribution >= 0.6 is 0 Å². The molecular weight excluding hydrogens is 480 g/mol. The Hall–Kier alpha value is -3.08. The molecule has 2 aromatic carbocycles. The Labute approximate surface area is 211 Å². The van der Waals surface area contributed by atoms with E-state index in [4.69, 9.17) is 8.92 Å². The molecule has 0 bridgehead atoms. The van der Waals surface area contributed by atoms with Gasteiger partial charge in [-0.15, -0.1) is 0 Å². The van der Waals surface area contributed by atoms with Gasteiger partial charge in [-0.1, -0.05) is 13.0 Å². The van der Waals surface area contributed by atoms with Crippen molar-refractivity contribution in [3.63, 3.8) is 0 Å². The molecule has 2 aliphatic heterocycles. The van der Waals surface area contributed by atoms with Gasteiger partial charge in [-0.3, -0.25) is 9.69 Å². The number of likely N-dealkylation sites (tertiary alicyclic amines) is 1. The average Bonchev–Trinajstić information content (AvgIpc) is 3.56. The molecule has 2 aliphatic rings. The zero-order chi connectivity index (χ0) is 25.4. The van der Waals surface area contributed by atoms with Gasteiger partial charge in [-0.05, 0) is 55.8 Å². The Kier molecular flexibility index (Phi) is 6.67. The van der Waals surface area contributed by atoms with Gasteiger partial charge in [0.25, 0.3) is 5.91 Å². The minimum absolute atomic E-state index is 0.0467. The summed E-state index contributed by atoms with van der Waals surface area (Å²) in [4.78, 5) is 18.7. The van der Waals surface area contributed by atoms with Gasteiger partial charge in [0.1, 0.15) is 0 Å². The van der Waals surface area contributed by atoms with Gasteiger partial charge in [0.15, 0.2) is 11.5 Å². The first-order valence-electron chi connectivity index (χ1n) is 12.3. The molecule has 1 amide bonds. The number of hydrogen-bond donors (Lipinski definition) is 3.